The number of anilines is 1. The zero-order valence-corrected chi connectivity index (χ0v) is 27.7. The van der Waals surface area contributed by atoms with Gasteiger partial charge in [-0.05, 0) is 72.8 Å². The lowest BCUT2D eigenvalue weighted by atomic mass is 9.86. The lowest BCUT2D eigenvalue weighted by Gasteiger charge is -2.36. The van der Waals surface area contributed by atoms with Gasteiger partial charge in [-0.15, -0.1) is 0 Å². The summed E-state index contributed by atoms with van der Waals surface area (Å²) in [6, 6.07) is 34.9. The highest BCUT2D eigenvalue weighted by atomic mass is 16.6. The van der Waals surface area contributed by atoms with Crippen LogP contribution >= 0.6 is 0 Å². The number of nitrogens with zero attached hydrogens (tertiary/aromatic N) is 3. The number of piperazine rings is 1. The molecule has 1 aromatic heterocycles. The molecule has 1 aliphatic heterocycles. The first kappa shape index (κ1) is 31.5. The van der Waals surface area contributed by atoms with Crippen LogP contribution in [0.2, 0.25) is 0 Å². The Labute approximate surface area is 282 Å². The van der Waals surface area contributed by atoms with Gasteiger partial charge in [0.1, 0.15) is 5.82 Å². The summed E-state index contributed by atoms with van der Waals surface area (Å²) in [6.07, 6.45) is 2.18. The standard InChI is InChI=1S/C40H42N4O4/c1-46-36-19-17-29(27-37(36)47-2)28-41-39(45)48-40(33-14-6-4-12-31(33)32-13-5-7-15-34(32)40)21-9-10-22-43-23-25-44(26-24-43)38-20-18-30-11-3-8-16-35(30)42-38/h3-8,11-20,27H,9-10,21-26,28H2,1-2H3,(H,41,45). The third-order valence-corrected chi connectivity index (χ3v) is 9.70. The Balaban J connectivity index is 1.01. The van der Waals surface area contributed by atoms with E-state index in [2.05, 4.69) is 81.8 Å². The number of nitrogens with one attached hydrogen (secondary N) is 1. The number of carbonyl (C=O) groups excluding carboxylic acids is 1. The highest BCUT2D eigenvalue weighted by molar-refractivity contribution is 5.82. The Morgan fingerprint density at radius 2 is 1.46 bits per heavy atom. The summed E-state index contributed by atoms with van der Waals surface area (Å²) in [5.41, 5.74) is 5.40. The van der Waals surface area contributed by atoms with E-state index >= 15 is 0 Å². The molecule has 4 aromatic carbocycles. The molecule has 246 valence electrons. The van der Waals surface area contributed by atoms with Gasteiger partial charge in [-0.25, -0.2) is 9.78 Å². The number of rotatable bonds is 11. The van der Waals surface area contributed by atoms with Gasteiger partial charge in [0, 0.05) is 49.2 Å². The number of aromatic nitrogens is 1. The largest absolute Gasteiger partial charge is 0.493 e. The zero-order valence-electron chi connectivity index (χ0n) is 27.7. The van der Waals surface area contributed by atoms with Crippen molar-refractivity contribution in [2.24, 2.45) is 0 Å². The molecule has 0 radical (unpaired) electrons. The average molecular weight is 643 g/mol. The number of alkyl carbamates (subject to hydrolysis) is 1. The molecule has 8 heteroatoms. The number of methoxy groups -OCH3 is 2. The van der Waals surface area contributed by atoms with Gasteiger partial charge >= 0.3 is 6.09 Å². The van der Waals surface area contributed by atoms with E-state index in [-0.39, 0.29) is 0 Å². The predicted octanol–water partition coefficient (Wildman–Crippen LogP) is 7.39. The molecule has 2 aliphatic rings. The molecule has 1 aliphatic carbocycles. The summed E-state index contributed by atoms with van der Waals surface area (Å²) in [5, 5.41) is 4.17. The topological polar surface area (TPSA) is 76.2 Å². The number of hydrogen-bond acceptors (Lipinski definition) is 7. The molecule has 2 heterocycles. The van der Waals surface area contributed by atoms with Crippen molar-refractivity contribution in [2.75, 3.05) is 51.8 Å². The van der Waals surface area contributed by atoms with E-state index in [9.17, 15) is 4.79 Å². The van der Waals surface area contributed by atoms with Crippen LogP contribution in [0.5, 0.6) is 11.5 Å². The van der Waals surface area contributed by atoms with E-state index in [1.165, 1.54) is 5.39 Å². The molecule has 8 nitrogen and oxygen atoms in total. The Kier molecular flexibility index (Phi) is 9.16. The van der Waals surface area contributed by atoms with Crippen molar-refractivity contribution in [3.05, 3.63) is 120 Å². The van der Waals surface area contributed by atoms with E-state index in [1.54, 1.807) is 14.2 Å². The first-order chi connectivity index (χ1) is 23.6. The first-order valence-corrected chi connectivity index (χ1v) is 16.8. The second-order valence-corrected chi connectivity index (χ2v) is 12.5. The molecule has 5 aromatic rings. The Bertz CT molecular complexity index is 1860. The molecule has 48 heavy (non-hydrogen) atoms. The van der Waals surface area contributed by atoms with Crippen LogP contribution in [0.1, 0.15) is 36.0 Å². The first-order valence-electron chi connectivity index (χ1n) is 16.8. The van der Waals surface area contributed by atoms with Crippen molar-refractivity contribution in [3.8, 4) is 22.6 Å². The van der Waals surface area contributed by atoms with Gasteiger partial charge in [-0.3, -0.25) is 4.90 Å². The van der Waals surface area contributed by atoms with Crippen molar-refractivity contribution in [2.45, 2.75) is 31.4 Å². The number of fused-ring (bicyclic) bond motifs is 4. The summed E-state index contributed by atoms with van der Waals surface area (Å²) in [7, 11) is 3.21. The maximum absolute atomic E-state index is 13.6. The van der Waals surface area contributed by atoms with Crippen molar-refractivity contribution >= 4 is 22.8 Å². The molecule has 0 atom stereocenters. The molecule has 1 amide bonds. The fourth-order valence-electron chi connectivity index (χ4n) is 7.22. The SMILES string of the molecule is COc1ccc(CNC(=O)OC2(CCCCN3CCN(c4ccc5ccccc5n4)CC3)c3ccccc3-c3ccccc32)cc1OC. The van der Waals surface area contributed by atoms with Gasteiger partial charge in [-0.2, -0.15) is 0 Å². The maximum Gasteiger partial charge on any atom is 0.408 e. The van der Waals surface area contributed by atoms with Crippen LogP contribution in [-0.4, -0.2) is 62.9 Å². The number of benzene rings is 4. The average Bonchev–Trinajstić information content (AvgIpc) is 3.41. The fourth-order valence-corrected chi connectivity index (χ4v) is 7.22. The minimum atomic E-state index is -0.866. The molecule has 1 fully saturated rings. The third kappa shape index (κ3) is 6.28. The smallest absolute Gasteiger partial charge is 0.408 e. The van der Waals surface area contributed by atoms with Crippen LogP contribution in [-0.2, 0) is 16.9 Å². The molecule has 7 rings (SSSR count). The van der Waals surface area contributed by atoms with Gasteiger partial charge in [0.15, 0.2) is 17.1 Å². The van der Waals surface area contributed by atoms with E-state index in [0.29, 0.717) is 24.5 Å². The van der Waals surface area contributed by atoms with Crippen LogP contribution < -0.4 is 19.7 Å². The van der Waals surface area contributed by atoms with Crippen LogP contribution in [0, 0.1) is 0 Å². The molecule has 1 saturated heterocycles. The lowest BCUT2D eigenvalue weighted by molar-refractivity contribution is 0.0325. The minimum absolute atomic E-state index is 0.305. The lowest BCUT2D eigenvalue weighted by Crippen LogP contribution is -2.47. The third-order valence-electron chi connectivity index (χ3n) is 9.70. The number of unbranched alkanes of at least 4 members (excludes halogenated alkanes) is 1. The van der Waals surface area contributed by atoms with Crippen molar-refractivity contribution in [3.63, 3.8) is 0 Å². The molecule has 0 spiro atoms. The number of hydrogen-bond donors (Lipinski definition) is 1. The summed E-state index contributed by atoms with van der Waals surface area (Å²) in [6.45, 7) is 5.22. The number of para-hydroxylation sites is 1. The second kappa shape index (κ2) is 14.0. The fraction of sp³-hybridized carbons (Fsp3) is 0.300. The van der Waals surface area contributed by atoms with Gasteiger partial charge in [0.25, 0.3) is 0 Å². The van der Waals surface area contributed by atoms with Crippen molar-refractivity contribution < 1.29 is 19.0 Å². The maximum atomic E-state index is 13.6. The number of pyridine rings is 1. The minimum Gasteiger partial charge on any atom is -0.493 e. The molecular weight excluding hydrogens is 600 g/mol. The van der Waals surface area contributed by atoms with Gasteiger partial charge in [0.05, 0.1) is 19.7 Å². The summed E-state index contributed by atoms with van der Waals surface area (Å²) >= 11 is 0. The summed E-state index contributed by atoms with van der Waals surface area (Å²) < 4.78 is 17.3. The van der Waals surface area contributed by atoms with E-state index in [0.717, 1.165) is 84.7 Å². The van der Waals surface area contributed by atoms with Crippen LogP contribution in [0.15, 0.2) is 103 Å². The quantitative estimate of drug-likeness (QED) is 0.151. The Morgan fingerprint density at radius 3 is 2.19 bits per heavy atom. The zero-order chi connectivity index (χ0) is 32.9. The normalized spacial score (nSPS) is 15.1. The molecular formula is C40H42N4O4. The summed E-state index contributed by atoms with van der Waals surface area (Å²) in [5.74, 6) is 2.31. The second-order valence-electron chi connectivity index (χ2n) is 12.5. The van der Waals surface area contributed by atoms with Crippen LogP contribution in [0.3, 0.4) is 0 Å². The molecule has 0 bridgehead atoms. The summed E-state index contributed by atoms with van der Waals surface area (Å²) in [4.78, 5) is 23.4. The van der Waals surface area contributed by atoms with E-state index < -0.39 is 11.7 Å². The number of carbonyl (C=O) groups is 1. The van der Waals surface area contributed by atoms with Gasteiger partial charge in [0.2, 0.25) is 0 Å². The molecule has 1 N–H and O–H groups in total. The van der Waals surface area contributed by atoms with Crippen LogP contribution in [0.4, 0.5) is 10.6 Å². The monoisotopic (exact) mass is 642 g/mol. The highest BCUT2D eigenvalue weighted by Gasteiger charge is 2.46. The Morgan fingerprint density at radius 1 is 0.771 bits per heavy atom. The van der Waals surface area contributed by atoms with E-state index in [4.69, 9.17) is 19.2 Å². The van der Waals surface area contributed by atoms with Crippen molar-refractivity contribution in [1.29, 1.82) is 0 Å². The van der Waals surface area contributed by atoms with Crippen LogP contribution in [0.25, 0.3) is 22.0 Å². The molecule has 0 saturated carbocycles. The highest BCUT2D eigenvalue weighted by Crippen LogP contribution is 2.52. The Hall–Kier alpha value is -5.08. The van der Waals surface area contributed by atoms with E-state index in [1.807, 2.05) is 36.4 Å². The number of amides is 1. The van der Waals surface area contributed by atoms with Gasteiger partial charge in [-0.1, -0.05) is 72.8 Å². The predicted molar refractivity (Wildman–Crippen MR) is 190 cm³/mol. The van der Waals surface area contributed by atoms with Gasteiger partial charge < -0.3 is 24.4 Å². The molecule has 0 unspecified atom stereocenters. The number of ether oxygens (including phenoxy) is 3. The van der Waals surface area contributed by atoms with Crippen molar-refractivity contribution in [1.82, 2.24) is 15.2 Å².